The highest BCUT2D eigenvalue weighted by Gasteiger charge is 2.27. The molecule has 0 bridgehead atoms. The Kier molecular flexibility index (Phi) is 4.99. The summed E-state index contributed by atoms with van der Waals surface area (Å²) in [5, 5.41) is 14.9. The molecule has 0 saturated carbocycles. The van der Waals surface area contributed by atoms with Gasteiger partial charge in [0.05, 0.1) is 16.2 Å². The van der Waals surface area contributed by atoms with Crippen LogP contribution in [0.2, 0.25) is 0 Å². The smallest absolute Gasteiger partial charge is 0.417 e. The molecular weight excluding hydrogens is 374 g/mol. The van der Waals surface area contributed by atoms with Crippen molar-refractivity contribution in [2.24, 2.45) is 0 Å². The molecule has 1 fully saturated rings. The van der Waals surface area contributed by atoms with Gasteiger partial charge in [-0.2, -0.15) is 0 Å². The fourth-order valence-electron chi connectivity index (χ4n) is 3.61. The number of para-hydroxylation sites is 2. The van der Waals surface area contributed by atoms with Crippen LogP contribution in [0.1, 0.15) is 29.6 Å². The van der Waals surface area contributed by atoms with Gasteiger partial charge in [-0.1, -0.05) is 24.3 Å². The number of nitro groups is 1. The molecule has 1 saturated heterocycles. The molecular formula is C21H19N3O5. The summed E-state index contributed by atoms with van der Waals surface area (Å²) in [6.07, 6.45) is 3.01. The number of carbonyl (C=O) groups is 1. The lowest BCUT2D eigenvalue weighted by Crippen LogP contribution is -2.35. The molecule has 3 aromatic rings. The van der Waals surface area contributed by atoms with E-state index in [-0.39, 0.29) is 17.2 Å². The third-order valence-corrected chi connectivity index (χ3v) is 5.03. The largest absolute Gasteiger partial charge is 0.418 e. The molecule has 1 amide bonds. The number of hydrogen-bond acceptors (Lipinski definition) is 6. The second-order valence-electron chi connectivity index (χ2n) is 6.89. The molecule has 0 aliphatic carbocycles. The van der Waals surface area contributed by atoms with Gasteiger partial charge in [0.25, 0.3) is 5.91 Å². The van der Waals surface area contributed by atoms with Gasteiger partial charge >= 0.3 is 11.3 Å². The van der Waals surface area contributed by atoms with Crippen LogP contribution in [0.5, 0.6) is 0 Å². The van der Waals surface area contributed by atoms with E-state index in [2.05, 4.69) is 5.32 Å². The molecule has 0 spiro atoms. The zero-order valence-electron chi connectivity index (χ0n) is 15.6. The first-order valence-electron chi connectivity index (χ1n) is 9.42. The fraction of sp³-hybridized carbons (Fsp3) is 0.238. The summed E-state index contributed by atoms with van der Waals surface area (Å²) in [7, 11) is 0. The Morgan fingerprint density at radius 3 is 2.48 bits per heavy atom. The molecule has 1 aliphatic rings. The zero-order valence-corrected chi connectivity index (χ0v) is 15.6. The van der Waals surface area contributed by atoms with Crippen molar-refractivity contribution in [2.75, 3.05) is 18.4 Å². The van der Waals surface area contributed by atoms with Crippen LogP contribution in [-0.4, -0.2) is 28.8 Å². The molecule has 0 radical (unpaired) electrons. The van der Waals surface area contributed by atoms with Gasteiger partial charge in [-0.3, -0.25) is 14.9 Å². The quantitative estimate of drug-likeness (QED) is 0.407. The van der Waals surface area contributed by atoms with Crippen LogP contribution in [0.25, 0.3) is 11.0 Å². The van der Waals surface area contributed by atoms with E-state index >= 15 is 0 Å². The molecule has 0 atom stereocenters. The van der Waals surface area contributed by atoms with Crippen LogP contribution in [0.4, 0.5) is 17.1 Å². The molecule has 8 nitrogen and oxygen atoms in total. The summed E-state index contributed by atoms with van der Waals surface area (Å²) < 4.78 is 5.09. The minimum Gasteiger partial charge on any atom is -0.418 e. The van der Waals surface area contributed by atoms with E-state index < -0.39 is 16.2 Å². The summed E-state index contributed by atoms with van der Waals surface area (Å²) in [5.41, 5.74) is -0.686. The SMILES string of the molecule is O=C(c1ccccc1Nc1c([N+](=O)[O-])c(=O)oc2ccccc12)N1CCCCC1. The van der Waals surface area contributed by atoms with Crippen molar-refractivity contribution in [1.82, 2.24) is 4.90 Å². The maximum absolute atomic E-state index is 13.0. The lowest BCUT2D eigenvalue weighted by atomic mass is 10.1. The van der Waals surface area contributed by atoms with Gasteiger partial charge in [0.1, 0.15) is 11.3 Å². The van der Waals surface area contributed by atoms with E-state index in [1.807, 2.05) is 0 Å². The fourth-order valence-corrected chi connectivity index (χ4v) is 3.61. The standard InChI is InChI=1S/C21H19N3O5/c25-20(23-12-6-1-7-13-23)14-8-2-4-10-16(14)22-18-15-9-3-5-11-17(15)29-21(26)19(18)24(27)28/h2-5,8-11,22H,1,6-7,12-13H2. The minimum atomic E-state index is -1.05. The van der Waals surface area contributed by atoms with Crippen molar-refractivity contribution in [3.63, 3.8) is 0 Å². The zero-order chi connectivity index (χ0) is 20.4. The third kappa shape index (κ3) is 3.56. The van der Waals surface area contributed by atoms with E-state index in [4.69, 9.17) is 4.42 Å². The number of carbonyl (C=O) groups excluding carboxylic acids is 1. The lowest BCUT2D eigenvalue weighted by Gasteiger charge is -2.27. The summed E-state index contributed by atoms with van der Waals surface area (Å²) in [6, 6.07) is 13.4. The van der Waals surface area contributed by atoms with Crippen LogP contribution >= 0.6 is 0 Å². The Morgan fingerprint density at radius 2 is 1.72 bits per heavy atom. The first-order chi connectivity index (χ1) is 14.1. The molecule has 0 unspecified atom stereocenters. The number of anilines is 2. The molecule has 8 heteroatoms. The summed E-state index contributed by atoms with van der Waals surface area (Å²) in [4.78, 5) is 37.9. The van der Waals surface area contributed by atoms with Gasteiger partial charge in [0.2, 0.25) is 0 Å². The van der Waals surface area contributed by atoms with Gasteiger partial charge in [-0.25, -0.2) is 4.79 Å². The van der Waals surface area contributed by atoms with Crippen LogP contribution < -0.4 is 10.9 Å². The molecule has 1 N–H and O–H groups in total. The first-order valence-corrected chi connectivity index (χ1v) is 9.42. The van der Waals surface area contributed by atoms with Crippen LogP contribution in [0.3, 0.4) is 0 Å². The second kappa shape index (κ2) is 7.75. The number of likely N-dealkylation sites (tertiary alicyclic amines) is 1. The molecule has 148 valence electrons. The number of amides is 1. The maximum atomic E-state index is 13.0. The van der Waals surface area contributed by atoms with Crippen molar-refractivity contribution in [1.29, 1.82) is 0 Å². The Bertz CT molecular complexity index is 1150. The van der Waals surface area contributed by atoms with Gasteiger partial charge in [0.15, 0.2) is 0 Å². The van der Waals surface area contributed by atoms with Crippen molar-refractivity contribution in [2.45, 2.75) is 19.3 Å². The normalized spacial score (nSPS) is 14.0. The molecule has 29 heavy (non-hydrogen) atoms. The van der Waals surface area contributed by atoms with Gasteiger partial charge in [-0.05, 0) is 43.5 Å². The highest BCUT2D eigenvalue weighted by molar-refractivity contribution is 6.03. The molecule has 1 aromatic heterocycles. The van der Waals surface area contributed by atoms with Crippen LogP contribution in [0, 0.1) is 10.1 Å². The predicted molar refractivity (Wildman–Crippen MR) is 109 cm³/mol. The number of piperidine rings is 1. The summed E-state index contributed by atoms with van der Waals surface area (Å²) in [6.45, 7) is 1.37. The Balaban J connectivity index is 1.82. The van der Waals surface area contributed by atoms with Crippen LogP contribution in [-0.2, 0) is 0 Å². The topological polar surface area (TPSA) is 106 Å². The predicted octanol–water partition coefficient (Wildman–Crippen LogP) is 4.07. The molecule has 4 rings (SSSR count). The van der Waals surface area contributed by atoms with E-state index in [0.29, 0.717) is 29.7 Å². The molecule has 1 aliphatic heterocycles. The lowest BCUT2D eigenvalue weighted by molar-refractivity contribution is -0.386. The van der Waals surface area contributed by atoms with E-state index in [9.17, 15) is 19.7 Å². The van der Waals surface area contributed by atoms with E-state index in [0.717, 1.165) is 19.3 Å². The monoisotopic (exact) mass is 393 g/mol. The molecule has 2 aromatic carbocycles. The molecule has 2 heterocycles. The number of rotatable bonds is 4. The number of nitrogens with one attached hydrogen (secondary N) is 1. The average molecular weight is 393 g/mol. The number of nitrogens with zero attached hydrogens (tertiary/aromatic N) is 2. The third-order valence-electron chi connectivity index (χ3n) is 5.03. The van der Waals surface area contributed by atoms with Crippen LogP contribution in [0.15, 0.2) is 57.7 Å². The Labute approximate surface area is 165 Å². The number of fused-ring (bicyclic) bond motifs is 1. The Hall–Kier alpha value is -3.68. The first kappa shape index (κ1) is 18.7. The van der Waals surface area contributed by atoms with Crippen molar-refractivity contribution in [3.05, 3.63) is 74.6 Å². The van der Waals surface area contributed by atoms with Crippen molar-refractivity contribution in [3.8, 4) is 0 Å². The van der Waals surface area contributed by atoms with Crippen molar-refractivity contribution < 1.29 is 14.1 Å². The number of benzene rings is 2. The van der Waals surface area contributed by atoms with Gasteiger partial charge in [0, 0.05) is 18.5 Å². The Morgan fingerprint density at radius 1 is 1.03 bits per heavy atom. The van der Waals surface area contributed by atoms with Crippen molar-refractivity contribution >= 4 is 33.9 Å². The summed E-state index contributed by atoms with van der Waals surface area (Å²) in [5.74, 6) is -0.136. The second-order valence-corrected chi connectivity index (χ2v) is 6.89. The minimum absolute atomic E-state index is 0.0146. The number of hydrogen-bond donors (Lipinski definition) is 1. The van der Waals surface area contributed by atoms with Gasteiger partial charge < -0.3 is 14.6 Å². The summed E-state index contributed by atoms with van der Waals surface area (Å²) >= 11 is 0. The van der Waals surface area contributed by atoms with E-state index in [1.165, 1.54) is 0 Å². The maximum Gasteiger partial charge on any atom is 0.417 e. The highest BCUT2D eigenvalue weighted by atomic mass is 16.6. The average Bonchev–Trinajstić information content (AvgIpc) is 2.74. The van der Waals surface area contributed by atoms with E-state index in [1.54, 1.807) is 53.4 Å². The highest BCUT2D eigenvalue weighted by Crippen LogP contribution is 2.34. The van der Waals surface area contributed by atoms with Gasteiger partial charge in [-0.15, -0.1) is 0 Å².